The molecular weight excluding hydrogens is 827 g/mol. The number of carbonyl (C=O) groups is 2. The van der Waals surface area contributed by atoms with E-state index in [1.54, 1.807) is 33.3 Å². The molecule has 1 aliphatic carbocycles. The molecule has 0 radical (unpaired) electrons. The molecule has 3 N–H and O–H groups in total. The van der Waals surface area contributed by atoms with Gasteiger partial charge in [0, 0.05) is 58.7 Å². The Balaban J connectivity index is 1.16. The minimum Gasteiger partial charge on any atom is -0.462 e. The van der Waals surface area contributed by atoms with Crippen LogP contribution in [-0.2, 0) is 57.0 Å². The fourth-order valence-electron chi connectivity index (χ4n) is 10.9. The Morgan fingerprint density at radius 2 is 1.61 bits per heavy atom. The van der Waals surface area contributed by atoms with Crippen molar-refractivity contribution < 1.29 is 67.2 Å². The molecule has 6 heterocycles. The van der Waals surface area contributed by atoms with Crippen molar-refractivity contribution in [3.8, 4) is 0 Å². The van der Waals surface area contributed by atoms with Crippen LogP contribution in [-0.4, -0.2) is 140 Å². The molecule has 0 aromatic heterocycles. The highest BCUT2D eigenvalue weighted by Crippen LogP contribution is 2.47. The molecule has 15 heteroatoms. The summed E-state index contributed by atoms with van der Waals surface area (Å²) >= 11 is 0. The molecular formula is C49H73NO14. The van der Waals surface area contributed by atoms with Crippen LogP contribution in [0.25, 0.3) is 0 Å². The van der Waals surface area contributed by atoms with E-state index in [1.807, 2.05) is 39.0 Å². The monoisotopic (exact) mass is 900 g/mol. The SMILES string of the molecule is CO[C@H]1C[C@H](O[C@@H]2/C(C)=C\C[C@@H]3C[C@@H](C[C@]4(C=C[C@H](C)[C@@H](C(C)C)O4)O3)OC(=O)[C@@H]3C=C(C)[C@@H](O)[C@H]4OC/C(=C/C=C\[C@@H]2C)[C@]43O)O[C@@H](C)[C@H]1O[C@H]1C[C@@H](OC)[C@H](NC(C)=O)[C@H](C)O1. The van der Waals surface area contributed by atoms with Gasteiger partial charge in [0.15, 0.2) is 18.4 Å². The maximum Gasteiger partial charge on any atom is 0.316 e. The van der Waals surface area contributed by atoms with Crippen LogP contribution in [0.2, 0.25) is 0 Å². The first-order valence-electron chi connectivity index (χ1n) is 23.3. The average molecular weight is 900 g/mol. The third-order valence-corrected chi connectivity index (χ3v) is 14.4. The van der Waals surface area contributed by atoms with Gasteiger partial charge in [-0.3, -0.25) is 9.59 Å². The normalized spacial score (nSPS) is 47.4. The number of hydrogen-bond acceptors (Lipinski definition) is 14. The van der Waals surface area contributed by atoms with Gasteiger partial charge in [0.1, 0.15) is 35.9 Å². The first-order chi connectivity index (χ1) is 30.4. The van der Waals surface area contributed by atoms with E-state index >= 15 is 0 Å². The Morgan fingerprint density at radius 1 is 0.906 bits per heavy atom. The van der Waals surface area contributed by atoms with E-state index in [2.05, 4.69) is 45.2 Å². The fourth-order valence-corrected chi connectivity index (χ4v) is 10.9. The molecule has 0 aromatic carbocycles. The van der Waals surface area contributed by atoms with E-state index < -0.39 is 84.7 Å². The van der Waals surface area contributed by atoms with Crippen molar-refractivity contribution in [2.75, 3.05) is 20.8 Å². The van der Waals surface area contributed by atoms with Gasteiger partial charge in [-0.2, -0.15) is 0 Å². The molecule has 15 nitrogen and oxygen atoms in total. The fraction of sp³-hybridized carbons (Fsp3) is 0.755. The number of allylic oxidation sites excluding steroid dienone is 2. The number of hydrogen-bond donors (Lipinski definition) is 3. The summed E-state index contributed by atoms with van der Waals surface area (Å²) < 4.78 is 64.2. The van der Waals surface area contributed by atoms with Gasteiger partial charge in [-0.05, 0) is 62.8 Å². The molecule has 19 atom stereocenters. The highest BCUT2D eigenvalue weighted by molar-refractivity contribution is 5.78. The van der Waals surface area contributed by atoms with Gasteiger partial charge in [0.25, 0.3) is 0 Å². The molecule has 7 aliphatic rings. The zero-order valence-electron chi connectivity index (χ0n) is 39.5. The largest absolute Gasteiger partial charge is 0.462 e. The Kier molecular flexibility index (Phi) is 15.5. The zero-order chi connectivity index (χ0) is 46.2. The highest BCUT2D eigenvalue weighted by atomic mass is 16.7. The van der Waals surface area contributed by atoms with Crippen LogP contribution in [0.3, 0.4) is 0 Å². The van der Waals surface area contributed by atoms with Gasteiger partial charge >= 0.3 is 5.97 Å². The van der Waals surface area contributed by atoms with E-state index in [-0.39, 0.29) is 61.0 Å². The van der Waals surface area contributed by atoms with E-state index in [1.165, 1.54) is 6.92 Å². The van der Waals surface area contributed by atoms with Crippen molar-refractivity contribution in [3.63, 3.8) is 0 Å². The van der Waals surface area contributed by atoms with Crippen LogP contribution < -0.4 is 5.32 Å². The molecule has 2 bridgehead atoms. The molecule has 358 valence electrons. The van der Waals surface area contributed by atoms with Gasteiger partial charge in [-0.1, -0.05) is 64.2 Å². The van der Waals surface area contributed by atoms with E-state index in [4.69, 9.17) is 47.4 Å². The summed E-state index contributed by atoms with van der Waals surface area (Å²) in [5.74, 6) is -2.81. The molecule has 1 amide bonds. The van der Waals surface area contributed by atoms with Crippen molar-refractivity contribution in [2.45, 2.75) is 192 Å². The molecule has 4 fully saturated rings. The maximum absolute atomic E-state index is 14.3. The van der Waals surface area contributed by atoms with E-state index in [0.29, 0.717) is 36.8 Å². The molecule has 1 spiro atoms. The Hall–Kier alpha value is -2.80. The lowest BCUT2D eigenvalue weighted by Crippen LogP contribution is -2.58. The van der Waals surface area contributed by atoms with Crippen LogP contribution >= 0.6 is 0 Å². The van der Waals surface area contributed by atoms with Crippen molar-refractivity contribution in [1.82, 2.24) is 5.32 Å². The Labute approximate surface area is 378 Å². The number of esters is 1. The molecule has 6 aliphatic heterocycles. The number of aliphatic hydroxyl groups is 2. The van der Waals surface area contributed by atoms with Gasteiger partial charge in [-0.25, -0.2) is 0 Å². The second-order valence-electron chi connectivity index (χ2n) is 19.5. The van der Waals surface area contributed by atoms with Crippen LogP contribution in [0, 0.1) is 23.7 Å². The number of methoxy groups -OCH3 is 2. The summed E-state index contributed by atoms with van der Waals surface area (Å²) in [6, 6.07) is -0.314. The number of ether oxygens (including phenoxy) is 10. The van der Waals surface area contributed by atoms with E-state index in [9.17, 15) is 19.8 Å². The van der Waals surface area contributed by atoms with Crippen molar-refractivity contribution in [1.29, 1.82) is 0 Å². The summed E-state index contributed by atoms with van der Waals surface area (Å²) in [6.07, 6.45) is 8.46. The summed E-state index contributed by atoms with van der Waals surface area (Å²) in [4.78, 5) is 26.2. The third kappa shape index (κ3) is 10.2. The van der Waals surface area contributed by atoms with Gasteiger partial charge in [0.2, 0.25) is 5.91 Å². The molecule has 64 heavy (non-hydrogen) atoms. The number of carbonyl (C=O) groups excluding carboxylic acids is 2. The topological polar surface area (TPSA) is 179 Å². The number of aliphatic hydroxyl groups excluding tert-OH is 1. The van der Waals surface area contributed by atoms with Crippen molar-refractivity contribution in [3.05, 3.63) is 59.3 Å². The summed E-state index contributed by atoms with van der Waals surface area (Å²) in [7, 11) is 3.27. The molecule has 4 saturated heterocycles. The lowest BCUT2D eigenvalue weighted by atomic mass is 9.71. The van der Waals surface area contributed by atoms with Gasteiger partial charge in [0.05, 0.1) is 55.4 Å². The lowest BCUT2D eigenvalue weighted by molar-refractivity contribution is -0.311. The van der Waals surface area contributed by atoms with Crippen LogP contribution in [0.5, 0.6) is 0 Å². The zero-order valence-corrected chi connectivity index (χ0v) is 39.5. The minimum absolute atomic E-state index is 0.0266. The van der Waals surface area contributed by atoms with Crippen LogP contribution in [0.1, 0.15) is 94.4 Å². The molecule has 0 saturated carbocycles. The van der Waals surface area contributed by atoms with Crippen LogP contribution in [0.4, 0.5) is 0 Å². The number of nitrogens with one attached hydrogen (secondary N) is 1. The van der Waals surface area contributed by atoms with Gasteiger partial charge in [-0.15, -0.1) is 0 Å². The van der Waals surface area contributed by atoms with Gasteiger partial charge < -0.3 is 62.9 Å². The Morgan fingerprint density at radius 3 is 2.31 bits per heavy atom. The first kappa shape index (κ1) is 49.1. The van der Waals surface area contributed by atoms with Crippen LogP contribution in [0.15, 0.2) is 59.3 Å². The van der Waals surface area contributed by atoms with E-state index in [0.717, 1.165) is 5.57 Å². The summed E-state index contributed by atoms with van der Waals surface area (Å²) in [5.41, 5.74) is 0.112. The minimum atomic E-state index is -1.84. The standard InChI is InChI=1S/C49H73NO14/c1-25(2)43-28(5)17-18-48(64-43)23-35-20-34(63-48)16-15-27(4)44(26(3)13-12-14-33-24-57-46-42(52)29(6)19-36(47(53)60-35)49(33,46)54)61-40-22-38(56-11)45(31(8)59-40)62-39-21-37(55-10)41(30(7)58-39)50-32(9)51/h12-15,17-19,25-26,28,30-31,34-46,52,54H,16,20-24H2,1-11H3,(H,50,51)/b13-12-,27-15-,33-14-/t26-,28-,30-,31-,34+,35-,36-,37+,38-,39-,40-,41+,42+,43+,44-,45+,46+,48+,49+/m0/s1. The summed E-state index contributed by atoms with van der Waals surface area (Å²) in [6.45, 7) is 17.5. The number of rotatable bonds is 8. The average Bonchev–Trinajstić information content (AvgIpc) is 3.58. The molecule has 0 aromatic rings. The number of fused-ring (bicyclic) bond motifs is 2. The second-order valence-corrected chi connectivity index (χ2v) is 19.5. The highest BCUT2D eigenvalue weighted by Gasteiger charge is 2.60. The third-order valence-electron chi connectivity index (χ3n) is 14.4. The maximum atomic E-state index is 14.3. The number of amides is 1. The quantitative estimate of drug-likeness (QED) is 0.216. The predicted molar refractivity (Wildman–Crippen MR) is 234 cm³/mol. The van der Waals surface area contributed by atoms with Crippen molar-refractivity contribution in [2.24, 2.45) is 23.7 Å². The summed E-state index contributed by atoms with van der Waals surface area (Å²) in [5, 5.41) is 26.7. The second kappa shape index (κ2) is 20.2. The smallest absolute Gasteiger partial charge is 0.316 e. The molecule has 7 rings (SSSR count). The predicted octanol–water partition coefficient (Wildman–Crippen LogP) is 5.13. The molecule has 0 unspecified atom stereocenters. The lowest BCUT2D eigenvalue weighted by Gasteiger charge is -2.48. The Bertz CT molecular complexity index is 1830. The first-order valence-corrected chi connectivity index (χ1v) is 23.3. The van der Waals surface area contributed by atoms with Crippen molar-refractivity contribution >= 4 is 11.9 Å².